The number of aromatic nitrogens is 3. The first-order valence-corrected chi connectivity index (χ1v) is 11.5. The Kier molecular flexibility index (Phi) is 6.11. The van der Waals surface area contributed by atoms with Crippen LogP contribution in [0.2, 0.25) is 0 Å². The monoisotopic (exact) mass is 446 g/mol. The number of aryl methyl sites for hydroxylation is 1. The van der Waals surface area contributed by atoms with Gasteiger partial charge in [-0.1, -0.05) is 30.3 Å². The summed E-state index contributed by atoms with van der Waals surface area (Å²) in [5.74, 6) is 0.894. The van der Waals surface area contributed by atoms with Gasteiger partial charge in [0, 0.05) is 50.7 Å². The molecule has 2 aliphatic rings. The lowest BCUT2D eigenvalue weighted by Crippen LogP contribution is -2.55. The molecule has 3 aromatic rings. The van der Waals surface area contributed by atoms with Crippen molar-refractivity contribution < 1.29 is 9.53 Å². The molecule has 2 amide bonds. The van der Waals surface area contributed by atoms with Gasteiger partial charge < -0.3 is 15.4 Å². The van der Waals surface area contributed by atoms with Crippen molar-refractivity contribution in [2.75, 3.05) is 32.1 Å². The molecular weight excluding hydrogens is 416 g/mol. The zero-order valence-electron chi connectivity index (χ0n) is 18.9. The summed E-state index contributed by atoms with van der Waals surface area (Å²) in [6, 6.07) is 13.9. The lowest BCUT2D eigenvalue weighted by atomic mass is 9.79. The zero-order valence-corrected chi connectivity index (χ0v) is 18.9. The maximum atomic E-state index is 13.5. The lowest BCUT2D eigenvalue weighted by Gasteiger charge is -2.36. The molecule has 0 unspecified atom stereocenters. The molecular formula is C25H30N6O2. The molecule has 33 heavy (non-hydrogen) atoms. The first kappa shape index (κ1) is 21.6. The number of urea groups is 1. The van der Waals surface area contributed by atoms with E-state index in [9.17, 15) is 4.79 Å². The number of methoxy groups -OCH3 is 1. The standard InChI is InChI=1S/C25H30N6O2/c1-33-15-12-25(17-27-16-21(25)18-6-3-2-4-7-18)29-24(32)28-23-20-8-5-9-22(20)30-31(23)19-10-13-26-14-11-19/h2-4,6-7,10-11,13-14,21,27H,5,8-9,12,15-17H2,1H3,(H2,28,29,32)/t21-,25+/m0/s1. The Labute approximate surface area is 193 Å². The minimum Gasteiger partial charge on any atom is -0.385 e. The van der Waals surface area contributed by atoms with Gasteiger partial charge in [-0.05, 0) is 43.4 Å². The van der Waals surface area contributed by atoms with E-state index in [1.165, 1.54) is 5.56 Å². The van der Waals surface area contributed by atoms with E-state index in [0.717, 1.165) is 48.6 Å². The Balaban J connectivity index is 1.43. The molecule has 8 heteroatoms. The molecule has 3 heterocycles. The molecule has 3 N–H and O–H groups in total. The molecule has 5 rings (SSSR count). The summed E-state index contributed by atoms with van der Waals surface area (Å²) in [5.41, 5.74) is 3.82. The van der Waals surface area contributed by atoms with E-state index in [-0.39, 0.29) is 11.9 Å². The number of fused-ring (bicyclic) bond motifs is 1. The van der Waals surface area contributed by atoms with Gasteiger partial charge in [-0.25, -0.2) is 9.48 Å². The summed E-state index contributed by atoms with van der Waals surface area (Å²) in [4.78, 5) is 17.6. The number of carbonyl (C=O) groups is 1. The van der Waals surface area contributed by atoms with Gasteiger partial charge in [-0.3, -0.25) is 10.3 Å². The normalized spacial score (nSPS) is 21.7. The fourth-order valence-electron chi connectivity index (χ4n) is 5.18. The summed E-state index contributed by atoms with van der Waals surface area (Å²) in [5, 5.41) is 14.8. The fourth-order valence-corrected chi connectivity index (χ4v) is 5.18. The summed E-state index contributed by atoms with van der Waals surface area (Å²) in [6.45, 7) is 2.05. The second-order valence-electron chi connectivity index (χ2n) is 8.82. The number of amides is 2. The average molecular weight is 447 g/mol. The third-order valence-corrected chi connectivity index (χ3v) is 6.82. The predicted octanol–water partition coefficient (Wildman–Crippen LogP) is 3.04. The minimum atomic E-state index is -0.452. The highest BCUT2D eigenvalue weighted by Crippen LogP contribution is 2.35. The Morgan fingerprint density at radius 2 is 2.03 bits per heavy atom. The minimum absolute atomic E-state index is 0.149. The van der Waals surface area contributed by atoms with E-state index in [2.05, 4.69) is 33.1 Å². The molecule has 2 atom stereocenters. The van der Waals surface area contributed by atoms with E-state index < -0.39 is 5.54 Å². The molecule has 1 fully saturated rings. The van der Waals surface area contributed by atoms with Crippen LogP contribution in [-0.4, -0.2) is 53.1 Å². The SMILES string of the molecule is COCC[C@@]1(NC(=O)Nc2c3c(nn2-c2ccncc2)CCC3)CNC[C@H]1c1ccccc1. The van der Waals surface area contributed by atoms with Crippen LogP contribution in [0.15, 0.2) is 54.9 Å². The Morgan fingerprint density at radius 1 is 1.21 bits per heavy atom. The molecule has 1 saturated heterocycles. The van der Waals surface area contributed by atoms with Gasteiger partial charge in [0.05, 0.1) is 16.9 Å². The van der Waals surface area contributed by atoms with E-state index >= 15 is 0 Å². The van der Waals surface area contributed by atoms with Crippen molar-refractivity contribution >= 4 is 11.8 Å². The van der Waals surface area contributed by atoms with E-state index in [0.29, 0.717) is 19.6 Å². The second kappa shape index (κ2) is 9.33. The van der Waals surface area contributed by atoms with Crippen LogP contribution in [0.4, 0.5) is 10.6 Å². The maximum absolute atomic E-state index is 13.5. The van der Waals surface area contributed by atoms with Crippen molar-refractivity contribution in [2.24, 2.45) is 0 Å². The van der Waals surface area contributed by atoms with Gasteiger partial charge in [0.15, 0.2) is 0 Å². The Bertz CT molecular complexity index is 1100. The highest BCUT2D eigenvalue weighted by Gasteiger charge is 2.44. The molecule has 172 valence electrons. The highest BCUT2D eigenvalue weighted by atomic mass is 16.5. The number of rotatable bonds is 7. The third kappa shape index (κ3) is 4.24. The van der Waals surface area contributed by atoms with Crippen molar-refractivity contribution in [1.82, 2.24) is 25.4 Å². The van der Waals surface area contributed by atoms with Gasteiger partial charge in [0.1, 0.15) is 5.82 Å². The van der Waals surface area contributed by atoms with Crippen LogP contribution in [0, 0.1) is 0 Å². The number of pyridine rings is 1. The van der Waals surface area contributed by atoms with Gasteiger partial charge in [-0.2, -0.15) is 5.10 Å². The summed E-state index contributed by atoms with van der Waals surface area (Å²) in [6.07, 6.45) is 7.09. The van der Waals surface area contributed by atoms with Crippen LogP contribution >= 0.6 is 0 Å². The largest absolute Gasteiger partial charge is 0.385 e. The van der Waals surface area contributed by atoms with E-state index in [1.807, 2.05) is 35.0 Å². The summed E-state index contributed by atoms with van der Waals surface area (Å²) < 4.78 is 7.25. The van der Waals surface area contributed by atoms with Crippen LogP contribution < -0.4 is 16.0 Å². The number of benzene rings is 1. The number of hydrogen-bond donors (Lipinski definition) is 3. The average Bonchev–Trinajstić information content (AvgIpc) is 3.55. The summed E-state index contributed by atoms with van der Waals surface area (Å²) in [7, 11) is 1.70. The van der Waals surface area contributed by atoms with Crippen molar-refractivity contribution in [1.29, 1.82) is 0 Å². The van der Waals surface area contributed by atoms with Crippen LogP contribution in [0.3, 0.4) is 0 Å². The zero-order chi connectivity index (χ0) is 22.7. The van der Waals surface area contributed by atoms with Crippen LogP contribution in [-0.2, 0) is 17.6 Å². The highest BCUT2D eigenvalue weighted by molar-refractivity contribution is 5.90. The van der Waals surface area contributed by atoms with Crippen molar-refractivity contribution in [3.8, 4) is 5.69 Å². The van der Waals surface area contributed by atoms with Crippen LogP contribution in [0.25, 0.3) is 5.69 Å². The summed E-state index contributed by atoms with van der Waals surface area (Å²) >= 11 is 0. The number of anilines is 1. The topological polar surface area (TPSA) is 93.1 Å². The van der Waals surface area contributed by atoms with Crippen molar-refractivity contribution in [3.05, 3.63) is 71.7 Å². The van der Waals surface area contributed by atoms with Gasteiger partial charge in [0.25, 0.3) is 0 Å². The molecule has 8 nitrogen and oxygen atoms in total. The first-order chi connectivity index (χ1) is 16.2. The third-order valence-electron chi connectivity index (χ3n) is 6.82. The van der Waals surface area contributed by atoms with Gasteiger partial charge >= 0.3 is 6.03 Å². The lowest BCUT2D eigenvalue weighted by molar-refractivity contribution is 0.155. The number of ether oxygens (including phenoxy) is 1. The van der Waals surface area contributed by atoms with Crippen molar-refractivity contribution in [2.45, 2.75) is 37.1 Å². The van der Waals surface area contributed by atoms with Gasteiger partial charge in [0.2, 0.25) is 0 Å². The fraction of sp³-hybridized carbons (Fsp3) is 0.400. The number of nitrogens with one attached hydrogen (secondary N) is 3. The van der Waals surface area contributed by atoms with E-state index in [4.69, 9.17) is 9.84 Å². The second-order valence-corrected chi connectivity index (χ2v) is 8.82. The molecule has 0 bridgehead atoms. The molecule has 0 spiro atoms. The molecule has 1 aliphatic heterocycles. The quantitative estimate of drug-likeness (QED) is 0.519. The number of nitrogens with zero attached hydrogens (tertiary/aromatic N) is 3. The Hall–Kier alpha value is -3.23. The molecule has 2 aromatic heterocycles. The molecule has 0 radical (unpaired) electrons. The van der Waals surface area contributed by atoms with Gasteiger partial charge in [-0.15, -0.1) is 0 Å². The predicted molar refractivity (Wildman–Crippen MR) is 127 cm³/mol. The van der Waals surface area contributed by atoms with Crippen molar-refractivity contribution in [3.63, 3.8) is 0 Å². The van der Waals surface area contributed by atoms with Crippen LogP contribution in [0.5, 0.6) is 0 Å². The smallest absolute Gasteiger partial charge is 0.320 e. The van der Waals surface area contributed by atoms with Crippen LogP contribution in [0.1, 0.15) is 35.6 Å². The molecule has 1 aliphatic carbocycles. The Morgan fingerprint density at radius 3 is 2.82 bits per heavy atom. The van der Waals surface area contributed by atoms with E-state index in [1.54, 1.807) is 19.5 Å². The molecule has 1 aromatic carbocycles. The number of carbonyl (C=O) groups excluding carboxylic acids is 1. The first-order valence-electron chi connectivity index (χ1n) is 11.5. The molecule has 0 saturated carbocycles. The maximum Gasteiger partial charge on any atom is 0.320 e. The number of hydrogen-bond acceptors (Lipinski definition) is 5.